The second-order valence-electron chi connectivity index (χ2n) is 4.07. The van der Waals surface area contributed by atoms with Crippen LogP contribution in [0.25, 0.3) is 0 Å². The largest absolute Gasteiger partial charge is 0.418 e. The summed E-state index contributed by atoms with van der Waals surface area (Å²) >= 11 is 0. The first-order valence-corrected chi connectivity index (χ1v) is 5.34. The Balaban J connectivity index is 2.16. The van der Waals surface area contributed by atoms with Gasteiger partial charge in [0.05, 0.1) is 13.2 Å². The summed E-state index contributed by atoms with van der Waals surface area (Å²) < 4.78 is 48.5. The molecule has 0 aromatic heterocycles. The lowest BCUT2D eigenvalue weighted by Gasteiger charge is -2.22. The molecule has 0 N–H and O–H groups in total. The van der Waals surface area contributed by atoms with Crippen molar-refractivity contribution in [1.29, 1.82) is 0 Å². The molecule has 1 aliphatic heterocycles. The molecule has 0 saturated carbocycles. The highest BCUT2D eigenvalue weighted by Gasteiger charge is 2.43. The number of ether oxygens (including phenoxy) is 2. The number of aryl methyl sites for hydroxylation is 1. The molecule has 0 spiro atoms. The van der Waals surface area contributed by atoms with E-state index in [0.717, 1.165) is 0 Å². The first-order chi connectivity index (χ1) is 7.98. The predicted octanol–water partition coefficient (Wildman–Crippen LogP) is 3.01. The van der Waals surface area contributed by atoms with Gasteiger partial charge in [-0.3, -0.25) is 0 Å². The van der Waals surface area contributed by atoms with Gasteiger partial charge in [0, 0.05) is 0 Å². The van der Waals surface area contributed by atoms with Crippen LogP contribution in [0.4, 0.5) is 13.2 Å². The van der Waals surface area contributed by atoms with Gasteiger partial charge < -0.3 is 9.47 Å². The van der Waals surface area contributed by atoms with Crippen LogP contribution in [0.3, 0.4) is 0 Å². The van der Waals surface area contributed by atoms with Gasteiger partial charge in [-0.15, -0.1) is 0 Å². The van der Waals surface area contributed by atoms with Crippen molar-refractivity contribution in [2.45, 2.75) is 25.3 Å². The number of hydrogen-bond acceptors (Lipinski definition) is 2. The van der Waals surface area contributed by atoms with Crippen molar-refractivity contribution in [3.63, 3.8) is 0 Å². The molecular weight excluding hydrogens is 233 g/mol. The monoisotopic (exact) mass is 246 g/mol. The lowest BCUT2D eigenvalue weighted by Crippen LogP contribution is -2.25. The van der Waals surface area contributed by atoms with Crippen molar-refractivity contribution in [3.05, 3.63) is 35.4 Å². The van der Waals surface area contributed by atoms with Gasteiger partial charge in [-0.2, -0.15) is 13.2 Å². The van der Waals surface area contributed by atoms with Crippen LogP contribution in [0.5, 0.6) is 0 Å². The number of alkyl halides is 3. The summed E-state index contributed by atoms with van der Waals surface area (Å²) in [6, 6.07) is 6.38. The van der Waals surface area contributed by atoms with E-state index in [9.17, 15) is 13.2 Å². The molecule has 5 heteroatoms. The Morgan fingerprint density at radius 3 is 2.59 bits per heavy atom. The summed E-state index contributed by atoms with van der Waals surface area (Å²) in [4.78, 5) is 0. The zero-order valence-corrected chi connectivity index (χ0v) is 9.33. The second kappa shape index (κ2) is 4.66. The minimum absolute atomic E-state index is 0.0154. The van der Waals surface area contributed by atoms with E-state index < -0.39 is 12.3 Å². The SMILES string of the molecule is Cc1ccccc1C(OCC1CO1)C(F)(F)F. The van der Waals surface area contributed by atoms with E-state index in [0.29, 0.717) is 12.2 Å². The highest BCUT2D eigenvalue weighted by Crippen LogP contribution is 2.37. The van der Waals surface area contributed by atoms with Gasteiger partial charge in [-0.1, -0.05) is 24.3 Å². The molecule has 94 valence electrons. The van der Waals surface area contributed by atoms with E-state index in [-0.39, 0.29) is 18.3 Å². The average molecular weight is 246 g/mol. The maximum Gasteiger partial charge on any atom is 0.418 e. The van der Waals surface area contributed by atoms with Crippen LogP contribution in [-0.4, -0.2) is 25.5 Å². The van der Waals surface area contributed by atoms with Crippen molar-refractivity contribution in [3.8, 4) is 0 Å². The molecule has 1 heterocycles. The molecule has 0 radical (unpaired) electrons. The first-order valence-electron chi connectivity index (χ1n) is 5.34. The molecule has 1 saturated heterocycles. The van der Waals surface area contributed by atoms with Gasteiger partial charge in [0.1, 0.15) is 6.10 Å². The fourth-order valence-electron chi connectivity index (χ4n) is 1.61. The average Bonchev–Trinajstić information content (AvgIpc) is 3.03. The van der Waals surface area contributed by atoms with Crippen LogP contribution >= 0.6 is 0 Å². The zero-order valence-electron chi connectivity index (χ0n) is 9.33. The summed E-state index contributed by atoms with van der Waals surface area (Å²) in [6.07, 6.45) is -6.45. The van der Waals surface area contributed by atoms with E-state index in [2.05, 4.69) is 0 Å². The van der Waals surface area contributed by atoms with E-state index in [1.807, 2.05) is 0 Å². The number of epoxide rings is 1. The number of benzene rings is 1. The van der Waals surface area contributed by atoms with Gasteiger partial charge in [-0.05, 0) is 18.1 Å². The second-order valence-corrected chi connectivity index (χ2v) is 4.07. The van der Waals surface area contributed by atoms with Crippen molar-refractivity contribution >= 4 is 0 Å². The molecule has 2 unspecified atom stereocenters. The van der Waals surface area contributed by atoms with Gasteiger partial charge in [0.25, 0.3) is 0 Å². The van der Waals surface area contributed by atoms with Crippen LogP contribution in [0.15, 0.2) is 24.3 Å². The van der Waals surface area contributed by atoms with Crippen LogP contribution in [0, 0.1) is 6.92 Å². The quantitative estimate of drug-likeness (QED) is 0.762. The Labute approximate surface area is 97.3 Å². The molecule has 17 heavy (non-hydrogen) atoms. The molecule has 0 bridgehead atoms. The molecule has 0 amide bonds. The van der Waals surface area contributed by atoms with E-state index in [1.54, 1.807) is 25.1 Å². The maximum atomic E-state index is 12.9. The van der Waals surface area contributed by atoms with Crippen LogP contribution < -0.4 is 0 Å². The van der Waals surface area contributed by atoms with Crippen LogP contribution in [-0.2, 0) is 9.47 Å². The third kappa shape index (κ3) is 3.20. The van der Waals surface area contributed by atoms with Crippen molar-refractivity contribution in [1.82, 2.24) is 0 Å². The molecule has 2 rings (SSSR count). The lowest BCUT2D eigenvalue weighted by molar-refractivity contribution is -0.224. The van der Waals surface area contributed by atoms with Gasteiger partial charge in [-0.25, -0.2) is 0 Å². The Hall–Kier alpha value is -1.07. The summed E-state index contributed by atoms with van der Waals surface area (Å²) in [7, 11) is 0. The molecule has 1 aromatic carbocycles. The van der Waals surface area contributed by atoms with Crippen LogP contribution in [0.2, 0.25) is 0 Å². The topological polar surface area (TPSA) is 21.8 Å². The third-order valence-corrected chi connectivity index (χ3v) is 2.62. The fraction of sp³-hybridized carbons (Fsp3) is 0.500. The minimum Gasteiger partial charge on any atom is -0.371 e. The van der Waals surface area contributed by atoms with Crippen molar-refractivity contribution in [2.75, 3.05) is 13.2 Å². The molecular formula is C12H13F3O2. The Bertz CT molecular complexity index is 386. The summed E-state index contributed by atoms with van der Waals surface area (Å²) in [6.45, 7) is 2.11. The van der Waals surface area contributed by atoms with Gasteiger partial charge in [0.2, 0.25) is 0 Å². The Morgan fingerprint density at radius 2 is 2.06 bits per heavy atom. The maximum absolute atomic E-state index is 12.9. The normalized spacial score (nSPS) is 21.3. The molecule has 1 aliphatic rings. The molecule has 2 atom stereocenters. The highest BCUT2D eigenvalue weighted by atomic mass is 19.4. The summed E-state index contributed by atoms with van der Waals surface area (Å²) in [5, 5.41) is 0. The van der Waals surface area contributed by atoms with Gasteiger partial charge >= 0.3 is 6.18 Å². The highest BCUT2D eigenvalue weighted by molar-refractivity contribution is 5.28. The predicted molar refractivity (Wildman–Crippen MR) is 55.7 cm³/mol. The summed E-state index contributed by atoms with van der Waals surface area (Å²) in [5.41, 5.74) is 0.743. The molecule has 0 aliphatic carbocycles. The Kier molecular flexibility index (Phi) is 3.40. The number of rotatable bonds is 4. The van der Waals surface area contributed by atoms with Crippen molar-refractivity contribution < 1.29 is 22.6 Å². The van der Waals surface area contributed by atoms with E-state index in [4.69, 9.17) is 9.47 Å². The molecule has 2 nitrogen and oxygen atoms in total. The van der Waals surface area contributed by atoms with E-state index in [1.165, 1.54) is 6.07 Å². The number of halogens is 3. The lowest BCUT2D eigenvalue weighted by atomic mass is 10.0. The minimum atomic E-state index is -4.40. The van der Waals surface area contributed by atoms with Crippen LogP contribution in [0.1, 0.15) is 17.2 Å². The fourth-order valence-corrected chi connectivity index (χ4v) is 1.61. The molecule has 1 fully saturated rings. The zero-order chi connectivity index (χ0) is 12.5. The summed E-state index contributed by atoms with van der Waals surface area (Å²) in [5.74, 6) is 0. The smallest absolute Gasteiger partial charge is 0.371 e. The first kappa shape index (κ1) is 12.4. The standard InChI is InChI=1S/C12H13F3O2/c1-8-4-2-3-5-10(8)11(12(13,14)15)17-7-9-6-16-9/h2-5,9,11H,6-7H2,1H3. The number of hydrogen-bond donors (Lipinski definition) is 0. The molecule has 1 aromatic rings. The van der Waals surface area contributed by atoms with Gasteiger partial charge in [0.15, 0.2) is 6.10 Å². The van der Waals surface area contributed by atoms with E-state index >= 15 is 0 Å². The third-order valence-electron chi connectivity index (χ3n) is 2.62. The van der Waals surface area contributed by atoms with Crippen molar-refractivity contribution in [2.24, 2.45) is 0 Å². The Morgan fingerprint density at radius 1 is 1.41 bits per heavy atom.